The van der Waals surface area contributed by atoms with Crippen molar-refractivity contribution in [3.05, 3.63) is 12.2 Å². The van der Waals surface area contributed by atoms with Crippen molar-refractivity contribution in [2.75, 3.05) is 7.11 Å². The third-order valence-electron chi connectivity index (χ3n) is 13.7. The molecule has 32 heavy (non-hydrogen) atoms. The minimum atomic E-state index is 0.294. The van der Waals surface area contributed by atoms with E-state index in [0.717, 1.165) is 29.6 Å². The zero-order valence-electron chi connectivity index (χ0n) is 22.7. The molecule has 10 atom stereocenters. The van der Waals surface area contributed by atoms with Crippen LogP contribution in [0.5, 0.6) is 0 Å². The highest BCUT2D eigenvalue weighted by Gasteiger charge is 2.70. The van der Waals surface area contributed by atoms with E-state index in [0.29, 0.717) is 33.2 Å². The van der Waals surface area contributed by atoms with E-state index in [4.69, 9.17) is 4.74 Å². The Kier molecular flexibility index (Phi) is 5.21. The third-order valence-corrected chi connectivity index (χ3v) is 13.7. The molecule has 0 heterocycles. The van der Waals surface area contributed by atoms with Crippen molar-refractivity contribution in [2.45, 2.75) is 119 Å². The Morgan fingerprint density at radius 2 is 1.47 bits per heavy atom. The molecule has 5 aliphatic rings. The molecule has 0 aromatic rings. The van der Waals surface area contributed by atoms with Crippen molar-refractivity contribution >= 4 is 0 Å². The molecule has 5 saturated carbocycles. The van der Waals surface area contributed by atoms with Crippen molar-refractivity contribution in [3.8, 4) is 0 Å². The minimum absolute atomic E-state index is 0.294. The van der Waals surface area contributed by atoms with Crippen LogP contribution in [0.1, 0.15) is 113 Å². The highest BCUT2D eigenvalue weighted by atomic mass is 16.5. The Labute approximate surface area is 199 Å². The number of rotatable bonds is 2. The first-order chi connectivity index (χ1) is 14.8. The van der Waals surface area contributed by atoms with E-state index in [2.05, 4.69) is 55.0 Å². The number of fused-ring (bicyclic) bond motifs is 7. The van der Waals surface area contributed by atoms with Gasteiger partial charge in [0, 0.05) is 7.11 Å². The van der Waals surface area contributed by atoms with E-state index >= 15 is 0 Å². The van der Waals surface area contributed by atoms with Crippen molar-refractivity contribution in [2.24, 2.45) is 56.7 Å². The number of hydrogen-bond acceptors (Lipinski definition) is 1. The summed E-state index contributed by atoms with van der Waals surface area (Å²) >= 11 is 0. The van der Waals surface area contributed by atoms with Crippen molar-refractivity contribution in [1.29, 1.82) is 0 Å². The van der Waals surface area contributed by atoms with Gasteiger partial charge in [-0.2, -0.15) is 0 Å². The lowest BCUT2D eigenvalue weighted by Gasteiger charge is -2.73. The molecule has 1 nitrogen and oxygen atoms in total. The van der Waals surface area contributed by atoms with Crippen molar-refractivity contribution in [3.63, 3.8) is 0 Å². The Bertz CT molecular complexity index is 781. The third kappa shape index (κ3) is 2.73. The summed E-state index contributed by atoms with van der Waals surface area (Å²) in [5, 5.41) is 0. The second-order valence-corrected chi connectivity index (χ2v) is 14.9. The number of hydrogen-bond donors (Lipinski definition) is 0. The fourth-order valence-corrected chi connectivity index (χ4v) is 11.9. The highest BCUT2D eigenvalue weighted by Crippen LogP contribution is 2.77. The molecule has 0 radical (unpaired) electrons. The summed E-state index contributed by atoms with van der Waals surface area (Å²) in [5.41, 5.74) is 3.79. The lowest BCUT2D eigenvalue weighted by atomic mass is 9.32. The lowest BCUT2D eigenvalue weighted by Crippen LogP contribution is -2.66. The van der Waals surface area contributed by atoms with Gasteiger partial charge in [-0.3, -0.25) is 0 Å². The van der Waals surface area contributed by atoms with Gasteiger partial charge >= 0.3 is 0 Å². The van der Waals surface area contributed by atoms with Crippen LogP contribution >= 0.6 is 0 Å². The minimum Gasteiger partial charge on any atom is -0.381 e. The van der Waals surface area contributed by atoms with Crippen LogP contribution in [-0.4, -0.2) is 13.2 Å². The average molecular weight is 441 g/mol. The molecule has 0 saturated heterocycles. The van der Waals surface area contributed by atoms with Gasteiger partial charge in [0.25, 0.3) is 0 Å². The van der Waals surface area contributed by atoms with Crippen molar-refractivity contribution in [1.82, 2.24) is 0 Å². The van der Waals surface area contributed by atoms with Crippen LogP contribution in [0.3, 0.4) is 0 Å². The van der Waals surface area contributed by atoms with Gasteiger partial charge in [0.05, 0.1) is 6.10 Å². The van der Waals surface area contributed by atoms with Gasteiger partial charge in [-0.25, -0.2) is 0 Å². The van der Waals surface area contributed by atoms with E-state index in [1.54, 1.807) is 0 Å². The van der Waals surface area contributed by atoms with Crippen LogP contribution in [0.15, 0.2) is 12.2 Å². The zero-order valence-corrected chi connectivity index (χ0v) is 22.7. The quantitative estimate of drug-likeness (QED) is 0.390. The summed E-state index contributed by atoms with van der Waals surface area (Å²) in [6.45, 7) is 22.8. The molecular weight excluding hydrogens is 388 g/mol. The summed E-state index contributed by atoms with van der Waals surface area (Å²) < 4.78 is 6.05. The summed E-state index contributed by atoms with van der Waals surface area (Å²) in [6.07, 6.45) is 14.6. The predicted octanol–water partition coefficient (Wildman–Crippen LogP) is 8.68. The molecule has 5 aliphatic carbocycles. The van der Waals surface area contributed by atoms with Crippen LogP contribution in [-0.2, 0) is 4.74 Å². The zero-order chi connectivity index (χ0) is 23.3. The average Bonchev–Trinajstić information content (AvgIpc) is 3.06. The fraction of sp³-hybridized carbons (Fsp3) is 0.935. The van der Waals surface area contributed by atoms with Crippen LogP contribution in [0.25, 0.3) is 0 Å². The van der Waals surface area contributed by atoms with Crippen LogP contribution in [0.4, 0.5) is 0 Å². The smallest absolute Gasteiger partial charge is 0.0625 e. The summed E-state index contributed by atoms with van der Waals surface area (Å²) in [6, 6.07) is 0. The maximum absolute atomic E-state index is 6.05. The molecule has 5 fully saturated rings. The monoisotopic (exact) mass is 440 g/mol. The summed E-state index contributed by atoms with van der Waals surface area (Å²) in [5.74, 6) is 4.22. The maximum atomic E-state index is 6.05. The van der Waals surface area contributed by atoms with Gasteiger partial charge in [-0.15, -0.1) is 0 Å². The topological polar surface area (TPSA) is 9.23 Å². The van der Waals surface area contributed by atoms with Crippen molar-refractivity contribution < 1.29 is 4.74 Å². The predicted molar refractivity (Wildman–Crippen MR) is 135 cm³/mol. The first-order valence-corrected chi connectivity index (χ1v) is 14.0. The molecule has 182 valence electrons. The SMILES string of the molecule is C=C(C)C1CCC2(C)CCC3(C)C(CCC4C5(C)CCC(OC)C(C)(C)C5CCC43C)C12. The second kappa shape index (κ2) is 7.11. The molecular formula is C31H52O. The molecule has 0 N–H and O–H groups in total. The maximum Gasteiger partial charge on any atom is 0.0625 e. The van der Waals surface area contributed by atoms with Gasteiger partial charge in [-0.1, -0.05) is 53.7 Å². The summed E-state index contributed by atoms with van der Waals surface area (Å²) in [4.78, 5) is 0. The first kappa shape index (κ1) is 23.4. The molecule has 0 bridgehead atoms. The van der Waals surface area contributed by atoms with E-state index < -0.39 is 0 Å². The lowest BCUT2D eigenvalue weighted by molar-refractivity contribution is -0.248. The molecule has 0 aromatic carbocycles. The van der Waals surface area contributed by atoms with E-state index in [-0.39, 0.29) is 0 Å². The molecule has 0 spiro atoms. The van der Waals surface area contributed by atoms with Gasteiger partial charge in [0.1, 0.15) is 0 Å². The Hall–Kier alpha value is -0.300. The highest BCUT2D eigenvalue weighted by molar-refractivity contribution is 5.21. The normalized spacial score (nSPS) is 56.5. The van der Waals surface area contributed by atoms with Gasteiger partial charge in [-0.05, 0) is 128 Å². The Balaban J connectivity index is 1.53. The van der Waals surface area contributed by atoms with E-state index in [1.807, 2.05) is 7.11 Å². The number of allylic oxidation sites excluding steroid dienone is 1. The number of methoxy groups -OCH3 is 1. The van der Waals surface area contributed by atoms with Crippen LogP contribution in [0, 0.1) is 56.7 Å². The Morgan fingerprint density at radius 1 is 0.750 bits per heavy atom. The standard InChI is InChI=1S/C31H52O/c1-20(2)21-12-15-28(5)18-19-30(7)22(26(21)28)10-11-24-29(6)16-14-25(32-9)27(3,4)23(29)13-17-31(24,30)8/h21-26H,1,10-19H2,2-9H3. The molecule has 0 aromatic heterocycles. The largest absolute Gasteiger partial charge is 0.381 e. The van der Waals surface area contributed by atoms with Gasteiger partial charge in [0.15, 0.2) is 0 Å². The first-order valence-electron chi connectivity index (χ1n) is 14.0. The number of ether oxygens (including phenoxy) is 1. The van der Waals surface area contributed by atoms with Gasteiger partial charge in [0.2, 0.25) is 0 Å². The van der Waals surface area contributed by atoms with E-state index in [9.17, 15) is 0 Å². The van der Waals surface area contributed by atoms with E-state index in [1.165, 1.54) is 69.8 Å². The molecule has 1 heteroatoms. The second-order valence-electron chi connectivity index (χ2n) is 14.9. The molecule has 5 rings (SSSR count). The molecule has 0 aliphatic heterocycles. The summed E-state index contributed by atoms with van der Waals surface area (Å²) in [7, 11) is 1.95. The van der Waals surface area contributed by atoms with Crippen LogP contribution in [0.2, 0.25) is 0 Å². The van der Waals surface area contributed by atoms with Gasteiger partial charge < -0.3 is 4.74 Å². The Morgan fingerprint density at radius 3 is 2.12 bits per heavy atom. The fourth-order valence-electron chi connectivity index (χ4n) is 11.9. The van der Waals surface area contributed by atoms with Crippen LogP contribution < -0.4 is 0 Å². The molecule has 10 unspecified atom stereocenters. The molecule has 0 amide bonds.